The fraction of sp³-hybridized carbons (Fsp3) is 0.455. The summed E-state index contributed by atoms with van der Waals surface area (Å²) in [4.78, 5) is 25.2. The summed E-state index contributed by atoms with van der Waals surface area (Å²) < 4.78 is 0. The Hall–Kier alpha value is -1.78. The van der Waals surface area contributed by atoms with Gasteiger partial charge in [-0.05, 0) is 6.92 Å². The largest absolute Gasteiger partial charge is 0.480 e. The number of hydrogen-bond donors (Lipinski definition) is 1. The molecule has 1 N–H and O–H groups in total. The Bertz CT molecular complexity index is 276. The van der Waals surface area contributed by atoms with E-state index in [-0.39, 0.29) is 19.1 Å². The minimum absolute atomic E-state index is 0.221. The summed E-state index contributed by atoms with van der Waals surface area (Å²) in [5.41, 5.74) is 0. The summed E-state index contributed by atoms with van der Waals surface area (Å²) in [5, 5.41) is 8.68. The number of carbonyl (C=O) groups excluding carboxylic acids is 1. The predicted molar refractivity (Wildman–Crippen MR) is 62.2 cm³/mol. The highest BCUT2D eigenvalue weighted by atomic mass is 16.4. The van der Waals surface area contributed by atoms with Crippen LogP contribution in [0.25, 0.3) is 0 Å². The second-order valence-corrected chi connectivity index (χ2v) is 3.17. The Kier molecular flexibility index (Phi) is 6.67. The van der Waals surface area contributed by atoms with E-state index in [1.807, 2.05) is 6.92 Å². The van der Waals surface area contributed by atoms with Crippen molar-refractivity contribution >= 4 is 12.0 Å². The highest BCUT2D eigenvalue weighted by Gasteiger charge is 2.19. The van der Waals surface area contributed by atoms with E-state index in [4.69, 9.17) is 5.11 Å². The van der Waals surface area contributed by atoms with Crippen LogP contribution >= 0.6 is 0 Å². The smallest absolute Gasteiger partial charge is 0.323 e. The molecule has 0 atom stereocenters. The average Bonchev–Trinajstić information content (AvgIpc) is 2.23. The van der Waals surface area contributed by atoms with Crippen molar-refractivity contribution in [1.82, 2.24) is 9.80 Å². The molecule has 0 rings (SSSR count). The van der Waals surface area contributed by atoms with Gasteiger partial charge in [0.2, 0.25) is 0 Å². The number of carbonyl (C=O) groups is 2. The van der Waals surface area contributed by atoms with Crippen molar-refractivity contribution in [3.8, 4) is 0 Å². The molecule has 0 saturated carbocycles. The van der Waals surface area contributed by atoms with E-state index in [2.05, 4.69) is 13.2 Å². The van der Waals surface area contributed by atoms with Crippen LogP contribution in [0.3, 0.4) is 0 Å². The maximum atomic E-state index is 11.9. The van der Waals surface area contributed by atoms with Gasteiger partial charge in [0.25, 0.3) is 0 Å². The summed E-state index contributed by atoms with van der Waals surface area (Å²) in [7, 11) is 0. The second kappa shape index (κ2) is 7.50. The summed E-state index contributed by atoms with van der Waals surface area (Å²) in [6.07, 6.45) is 3.11. The van der Waals surface area contributed by atoms with Gasteiger partial charge in [0.1, 0.15) is 6.54 Å². The minimum Gasteiger partial charge on any atom is -0.480 e. The van der Waals surface area contributed by atoms with Crippen molar-refractivity contribution in [1.29, 1.82) is 0 Å². The third kappa shape index (κ3) is 4.63. The van der Waals surface area contributed by atoms with E-state index in [1.54, 1.807) is 6.08 Å². The predicted octanol–water partition coefficient (Wildman–Crippen LogP) is 1.19. The topological polar surface area (TPSA) is 60.9 Å². The Morgan fingerprint density at radius 1 is 1.19 bits per heavy atom. The molecule has 0 fully saturated rings. The van der Waals surface area contributed by atoms with Crippen molar-refractivity contribution < 1.29 is 14.7 Å². The van der Waals surface area contributed by atoms with Gasteiger partial charge >= 0.3 is 12.0 Å². The van der Waals surface area contributed by atoms with Gasteiger partial charge in [0.15, 0.2) is 0 Å². The standard InChI is InChI=1S/C11H18N2O3/c1-4-7-12(6-3)11(16)13(8-5-2)9-10(14)15/h4-5H,1-2,6-9H2,3H3,(H,14,15). The third-order valence-corrected chi connectivity index (χ3v) is 1.95. The number of nitrogens with zero attached hydrogens (tertiary/aromatic N) is 2. The summed E-state index contributed by atoms with van der Waals surface area (Å²) in [6.45, 7) is 9.69. The number of carboxylic acids is 1. The number of carboxylic acid groups (broad SMARTS) is 1. The fourth-order valence-electron chi connectivity index (χ4n) is 1.23. The number of amides is 2. The molecule has 0 aliphatic heterocycles. The molecule has 90 valence electrons. The van der Waals surface area contributed by atoms with E-state index >= 15 is 0 Å². The lowest BCUT2D eigenvalue weighted by Crippen LogP contribution is -2.45. The number of likely N-dealkylation sites (N-methyl/N-ethyl adjacent to an activating group) is 1. The van der Waals surface area contributed by atoms with E-state index in [9.17, 15) is 9.59 Å². The normalized spacial score (nSPS) is 9.31. The number of urea groups is 1. The quantitative estimate of drug-likeness (QED) is 0.663. The van der Waals surface area contributed by atoms with E-state index < -0.39 is 5.97 Å². The molecule has 0 aromatic heterocycles. The molecule has 0 unspecified atom stereocenters. The van der Waals surface area contributed by atoms with Crippen LogP contribution in [0, 0.1) is 0 Å². The molecule has 2 amide bonds. The molecule has 0 bridgehead atoms. The SMILES string of the molecule is C=CCN(CC)C(=O)N(CC=C)CC(=O)O. The Labute approximate surface area is 95.6 Å². The first kappa shape index (κ1) is 14.2. The average molecular weight is 226 g/mol. The number of aliphatic carboxylic acids is 1. The van der Waals surface area contributed by atoms with Crippen LogP contribution in [0.1, 0.15) is 6.92 Å². The minimum atomic E-state index is -1.04. The Morgan fingerprint density at radius 3 is 2.06 bits per heavy atom. The third-order valence-electron chi connectivity index (χ3n) is 1.95. The van der Waals surface area contributed by atoms with Gasteiger partial charge in [-0.3, -0.25) is 4.79 Å². The number of hydrogen-bond acceptors (Lipinski definition) is 2. The first-order valence-electron chi connectivity index (χ1n) is 5.04. The van der Waals surface area contributed by atoms with Crippen LogP contribution in [-0.4, -0.2) is 53.1 Å². The Morgan fingerprint density at radius 2 is 1.69 bits per heavy atom. The summed E-state index contributed by atoms with van der Waals surface area (Å²) >= 11 is 0. The van der Waals surface area contributed by atoms with Gasteiger partial charge in [-0.2, -0.15) is 0 Å². The van der Waals surface area contributed by atoms with Crippen LogP contribution < -0.4 is 0 Å². The number of rotatable bonds is 7. The fourth-order valence-corrected chi connectivity index (χ4v) is 1.23. The second-order valence-electron chi connectivity index (χ2n) is 3.17. The zero-order chi connectivity index (χ0) is 12.6. The van der Waals surface area contributed by atoms with Crippen molar-refractivity contribution in [2.75, 3.05) is 26.2 Å². The van der Waals surface area contributed by atoms with E-state index in [0.717, 1.165) is 0 Å². The van der Waals surface area contributed by atoms with Gasteiger partial charge < -0.3 is 14.9 Å². The highest BCUT2D eigenvalue weighted by Crippen LogP contribution is 2.00. The van der Waals surface area contributed by atoms with Crippen LogP contribution in [0.2, 0.25) is 0 Å². The molecule has 0 aromatic rings. The zero-order valence-corrected chi connectivity index (χ0v) is 9.56. The van der Waals surface area contributed by atoms with Gasteiger partial charge in [-0.25, -0.2) is 4.79 Å². The molecule has 5 heteroatoms. The van der Waals surface area contributed by atoms with Gasteiger partial charge in [-0.1, -0.05) is 12.2 Å². The Balaban J connectivity index is 4.61. The van der Waals surface area contributed by atoms with Crippen molar-refractivity contribution in [3.05, 3.63) is 25.3 Å². The molecule has 16 heavy (non-hydrogen) atoms. The summed E-state index contributed by atoms with van der Waals surface area (Å²) in [5.74, 6) is -1.04. The molecule has 0 radical (unpaired) electrons. The van der Waals surface area contributed by atoms with Crippen LogP contribution in [0.15, 0.2) is 25.3 Å². The maximum Gasteiger partial charge on any atom is 0.323 e. The van der Waals surface area contributed by atoms with Crippen molar-refractivity contribution in [2.45, 2.75) is 6.92 Å². The lowest BCUT2D eigenvalue weighted by molar-refractivity contribution is -0.137. The molecule has 5 nitrogen and oxygen atoms in total. The summed E-state index contributed by atoms with van der Waals surface area (Å²) in [6, 6.07) is -0.315. The molecule has 0 aliphatic rings. The van der Waals surface area contributed by atoms with Crippen molar-refractivity contribution in [3.63, 3.8) is 0 Å². The lowest BCUT2D eigenvalue weighted by atomic mass is 10.4. The van der Waals surface area contributed by atoms with Crippen LogP contribution in [0.5, 0.6) is 0 Å². The molecule has 0 aliphatic carbocycles. The van der Waals surface area contributed by atoms with E-state index in [1.165, 1.54) is 15.9 Å². The maximum absolute atomic E-state index is 11.9. The monoisotopic (exact) mass is 226 g/mol. The molecule has 0 aromatic carbocycles. The van der Waals surface area contributed by atoms with Crippen molar-refractivity contribution in [2.24, 2.45) is 0 Å². The van der Waals surface area contributed by atoms with Gasteiger partial charge in [0.05, 0.1) is 0 Å². The van der Waals surface area contributed by atoms with Gasteiger partial charge in [0, 0.05) is 19.6 Å². The molecular formula is C11H18N2O3. The molecule has 0 heterocycles. The zero-order valence-electron chi connectivity index (χ0n) is 9.56. The van der Waals surface area contributed by atoms with E-state index in [0.29, 0.717) is 13.1 Å². The first-order chi connectivity index (χ1) is 7.56. The molecular weight excluding hydrogens is 208 g/mol. The molecule has 0 saturated heterocycles. The van der Waals surface area contributed by atoms with Gasteiger partial charge in [-0.15, -0.1) is 13.2 Å². The molecule has 0 spiro atoms. The van der Waals surface area contributed by atoms with Crippen LogP contribution in [0.4, 0.5) is 4.79 Å². The van der Waals surface area contributed by atoms with Crippen LogP contribution in [-0.2, 0) is 4.79 Å². The first-order valence-corrected chi connectivity index (χ1v) is 5.04. The lowest BCUT2D eigenvalue weighted by Gasteiger charge is -2.27. The highest BCUT2D eigenvalue weighted by molar-refractivity contribution is 5.80.